The maximum atomic E-state index is 4.41. The molecule has 0 aliphatic carbocycles. The average molecular weight is 230 g/mol. The van der Waals surface area contributed by atoms with E-state index in [1.165, 1.54) is 38.9 Å². The van der Waals surface area contributed by atoms with E-state index in [1.54, 1.807) is 0 Å². The Bertz CT molecular complexity index is 163. The van der Waals surface area contributed by atoms with Crippen LogP contribution in [0.25, 0.3) is 0 Å². The number of thiol groups is 1. The molecule has 1 aliphatic rings. The van der Waals surface area contributed by atoms with Gasteiger partial charge in [0.2, 0.25) is 0 Å². The van der Waals surface area contributed by atoms with Gasteiger partial charge in [0.25, 0.3) is 0 Å². The SMILES string of the molecule is CCC(CS)CN(C)C1CCN(C)CC1. The van der Waals surface area contributed by atoms with Crippen molar-refractivity contribution in [1.29, 1.82) is 0 Å². The molecule has 2 nitrogen and oxygen atoms in total. The maximum Gasteiger partial charge on any atom is 0.0117 e. The molecule has 0 N–H and O–H groups in total. The van der Waals surface area contributed by atoms with Gasteiger partial charge in [-0.3, -0.25) is 0 Å². The van der Waals surface area contributed by atoms with E-state index in [4.69, 9.17) is 0 Å². The van der Waals surface area contributed by atoms with Crippen LogP contribution in [0.4, 0.5) is 0 Å². The lowest BCUT2D eigenvalue weighted by Gasteiger charge is -2.36. The molecule has 1 rings (SSSR count). The first-order valence-electron chi connectivity index (χ1n) is 6.17. The van der Waals surface area contributed by atoms with Crippen LogP contribution in [-0.4, -0.2) is 55.3 Å². The van der Waals surface area contributed by atoms with Crippen LogP contribution in [0.2, 0.25) is 0 Å². The normalized spacial score (nSPS) is 22.2. The van der Waals surface area contributed by atoms with Gasteiger partial charge in [-0.25, -0.2) is 0 Å². The summed E-state index contributed by atoms with van der Waals surface area (Å²) in [6.45, 7) is 6.00. The molecule has 90 valence electrons. The fourth-order valence-electron chi connectivity index (χ4n) is 2.31. The Morgan fingerprint density at radius 3 is 2.47 bits per heavy atom. The van der Waals surface area contributed by atoms with Crippen molar-refractivity contribution in [2.75, 3.05) is 39.5 Å². The molecule has 0 radical (unpaired) electrons. The monoisotopic (exact) mass is 230 g/mol. The second-order valence-electron chi connectivity index (χ2n) is 4.93. The quantitative estimate of drug-likeness (QED) is 0.722. The summed E-state index contributed by atoms with van der Waals surface area (Å²) >= 11 is 4.41. The molecule has 15 heavy (non-hydrogen) atoms. The van der Waals surface area contributed by atoms with Crippen LogP contribution in [0, 0.1) is 5.92 Å². The lowest BCUT2D eigenvalue weighted by molar-refractivity contribution is 0.131. The second kappa shape index (κ2) is 6.77. The van der Waals surface area contributed by atoms with Crippen molar-refractivity contribution in [3.8, 4) is 0 Å². The molecule has 0 aromatic rings. The summed E-state index contributed by atoms with van der Waals surface area (Å²) in [6.07, 6.45) is 3.91. The third kappa shape index (κ3) is 4.33. The summed E-state index contributed by atoms with van der Waals surface area (Å²) in [7, 11) is 4.50. The molecule has 1 unspecified atom stereocenters. The first-order chi connectivity index (χ1) is 7.17. The minimum atomic E-state index is 0.762. The van der Waals surface area contributed by atoms with Crippen molar-refractivity contribution in [1.82, 2.24) is 9.80 Å². The Morgan fingerprint density at radius 1 is 1.40 bits per heavy atom. The summed E-state index contributed by atoms with van der Waals surface area (Å²) in [6, 6.07) is 0.801. The smallest absolute Gasteiger partial charge is 0.0117 e. The van der Waals surface area contributed by atoms with Gasteiger partial charge in [-0.2, -0.15) is 12.6 Å². The molecule has 1 aliphatic heterocycles. The highest BCUT2D eigenvalue weighted by atomic mass is 32.1. The van der Waals surface area contributed by atoms with Crippen LogP contribution in [-0.2, 0) is 0 Å². The van der Waals surface area contributed by atoms with Crippen LogP contribution in [0.3, 0.4) is 0 Å². The number of nitrogens with zero attached hydrogens (tertiary/aromatic N) is 2. The average Bonchev–Trinajstić information content (AvgIpc) is 2.26. The minimum Gasteiger partial charge on any atom is -0.306 e. The number of hydrogen-bond acceptors (Lipinski definition) is 3. The highest BCUT2D eigenvalue weighted by Crippen LogP contribution is 2.16. The lowest BCUT2D eigenvalue weighted by atomic mass is 10.0. The van der Waals surface area contributed by atoms with Crippen molar-refractivity contribution in [3.05, 3.63) is 0 Å². The predicted octanol–water partition coefficient (Wildman–Crippen LogP) is 1.97. The third-order valence-electron chi connectivity index (χ3n) is 3.69. The molecule has 1 atom stereocenters. The molecule has 1 heterocycles. The van der Waals surface area contributed by atoms with E-state index in [2.05, 4.69) is 43.4 Å². The van der Waals surface area contributed by atoms with E-state index in [0.717, 1.165) is 17.7 Å². The number of piperidine rings is 1. The van der Waals surface area contributed by atoms with Gasteiger partial charge >= 0.3 is 0 Å². The lowest BCUT2D eigenvalue weighted by Crippen LogP contribution is -2.43. The predicted molar refractivity (Wildman–Crippen MR) is 70.8 cm³/mol. The second-order valence-corrected chi connectivity index (χ2v) is 5.30. The molecule has 0 aromatic heterocycles. The van der Waals surface area contributed by atoms with E-state index < -0.39 is 0 Å². The van der Waals surface area contributed by atoms with Gasteiger partial charge in [0.15, 0.2) is 0 Å². The third-order valence-corrected chi connectivity index (χ3v) is 4.21. The Balaban J connectivity index is 2.30. The number of hydrogen-bond donors (Lipinski definition) is 1. The van der Waals surface area contributed by atoms with Crippen LogP contribution in [0.1, 0.15) is 26.2 Å². The fourth-order valence-corrected chi connectivity index (χ4v) is 2.68. The highest BCUT2D eigenvalue weighted by molar-refractivity contribution is 7.80. The van der Waals surface area contributed by atoms with Gasteiger partial charge in [-0.15, -0.1) is 0 Å². The van der Waals surface area contributed by atoms with Crippen LogP contribution in [0.15, 0.2) is 0 Å². The summed E-state index contributed by atoms with van der Waals surface area (Å²) in [5.74, 6) is 1.78. The zero-order valence-corrected chi connectivity index (χ0v) is 11.3. The number of rotatable bonds is 5. The summed E-state index contributed by atoms with van der Waals surface area (Å²) in [5, 5.41) is 0. The molecule has 1 saturated heterocycles. The Labute approximate surface area is 100 Å². The van der Waals surface area contributed by atoms with Gasteiger partial charge in [0.05, 0.1) is 0 Å². The van der Waals surface area contributed by atoms with Crippen molar-refractivity contribution in [2.24, 2.45) is 5.92 Å². The molecular weight excluding hydrogens is 204 g/mol. The molecule has 0 aromatic carbocycles. The summed E-state index contributed by atoms with van der Waals surface area (Å²) in [5.41, 5.74) is 0. The van der Waals surface area contributed by atoms with E-state index in [1.807, 2.05) is 0 Å². The van der Waals surface area contributed by atoms with E-state index in [-0.39, 0.29) is 0 Å². The van der Waals surface area contributed by atoms with Crippen molar-refractivity contribution in [2.45, 2.75) is 32.2 Å². The zero-order chi connectivity index (χ0) is 11.3. The zero-order valence-electron chi connectivity index (χ0n) is 10.4. The molecular formula is C12H26N2S. The Morgan fingerprint density at radius 2 is 2.00 bits per heavy atom. The van der Waals surface area contributed by atoms with Gasteiger partial charge in [-0.05, 0) is 51.7 Å². The van der Waals surface area contributed by atoms with E-state index >= 15 is 0 Å². The Kier molecular flexibility index (Phi) is 6.02. The summed E-state index contributed by atoms with van der Waals surface area (Å²) in [4.78, 5) is 4.98. The van der Waals surface area contributed by atoms with Gasteiger partial charge in [-0.1, -0.05) is 13.3 Å². The number of likely N-dealkylation sites (tertiary alicyclic amines) is 1. The maximum absolute atomic E-state index is 4.41. The fraction of sp³-hybridized carbons (Fsp3) is 1.00. The van der Waals surface area contributed by atoms with E-state index in [0.29, 0.717) is 0 Å². The van der Waals surface area contributed by atoms with E-state index in [9.17, 15) is 0 Å². The van der Waals surface area contributed by atoms with Gasteiger partial charge < -0.3 is 9.80 Å². The molecule has 0 bridgehead atoms. The molecule has 0 spiro atoms. The van der Waals surface area contributed by atoms with Gasteiger partial charge in [0, 0.05) is 12.6 Å². The first kappa shape index (κ1) is 13.3. The molecule has 3 heteroatoms. The highest BCUT2D eigenvalue weighted by Gasteiger charge is 2.21. The van der Waals surface area contributed by atoms with Crippen molar-refractivity contribution in [3.63, 3.8) is 0 Å². The standard InChI is InChI=1S/C12H26N2S/c1-4-11(10-15)9-14(3)12-5-7-13(2)8-6-12/h11-12,15H,4-10H2,1-3H3. The van der Waals surface area contributed by atoms with Crippen molar-refractivity contribution >= 4 is 12.6 Å². The summed E-state index contributed by atoms with van der Waals surface area (Å²) < 4.78 is 0. The van der Waals surface area contributed by atoms with Crippen molar-refractivity contribution < 1.29 is 0 Å². The van der Waals surface area contributed by atoms with Crippen LogP contribution < -0.4 is 0 Å². The van der Waals surface area contributed by atoms with Crippen LogP contribution >= 0.6 is 12.6 Å². The van der Waals surface area contributed by atoms with Crippen LogP contribution in [0.5, 0.6) is 0 Å². The largest absolute Gasteiger partial charge is 0.306 e. The molecule has 0 saturated carbocycles. The molecule has 1 fully saturated rings. The Hall–Kier alpha value is 0.270. The first-order valence-corrected chi connectivity index (χ1v) is 6.80. The minimum absolute atomic E-state index is 0.762. The van der Waals surface area contributed by atoms with Gasteiger partial charge in [0.1, 0.15) is 0 Å². The molecule has 0 amide bonds. The topological polar surface area (TPSA) is 6.48 Å².